The highest BCUT2D eigenvalue weighted by Crippen LogP contribution is 2.33. The van der Waals surface area contributed by atoms with Crippen molar-refractivity contribution in [3.05, 3.63) is 29.3 Å². The molecule has 1 aromatic rings. The van der Waals surface area contributed by atoms with E-state index in [2.05, 4.69) is 26.0 Å². The molecule has 1 heterocycles. The molecule has 1 atom stereocenters. The zero-order valence-corrected chi connectivity index (χ0v) is 9.76. The van der Waals surface area contributed by atoms with E-state index in [0.29, 0.717) is 5.92 Å². The Morgan fingerprint density at radius 3 is 3.07 bits per heavy atom. The van der Waals surface area contributed by atoms with Gasteiger partial charge in [0.1, 0.15) is 5.75 Å². The Morgan fingerprint density at radius 2 is 2.33 bits per heavy atom. The summed E-state index contributed by atoms with van der Waals surface area (Å²) in [5.41, 5.74) is 2.36. The van der Waals surface area contributed by atoms with Crippen LogP contribution in [0.1, 0.15) is 37.3 Å². The topological polar surface area (TPSA) is 26.3 Å². The van der Waals surface area contributed by atoms with Crippen molar-refractivity contribution in [3.63, 3.8) is 0 Å². The predicted octanol–water partition coefficient (Wildman–Crippen LogP) is 3.95. The van der Waals surface area contributed by atoms with E-state index in [4.69, 9.17) is 4.74 Å². The monoisotopic (exact) mass is 222 g/mol. The number of benzene rings is 1. The Bertz CT molecular complexity index is 387. The number of rotatable bonds is 2. The summed E-state index contributed by atoms with van der Waals surface area (Å²) < 4.78 is 5.19. The number of thioether (sulfide) groups is 1. The van der Waals surface area contributed by atoms with Gasteiger partial charge in [0.15, 0.2) is 0 Å². The molecule has 0 saturated carbocycles. The lowest BCUT2D eigenvalue weighted by atomic mass is 9.97. The van der Waals surface area contributed by atoms with Crippen LogP contribution in [-0.4, -0.2) is 5.30 Å². The van der Waals surface area contributed by atoms with E-state index in [1.54, 1.807) is 0 Å². The average molecular weight is 222 g/mol. The van der Waals surface area contributed by atoms with Crippen molar-refractivity contribution in [3.8, 4) is 5.75 Å². The zero-order valence-electron chi connectivity index (χ0n) is 8.95. The van der Waals surface area contributed by atoms with Gasteiger partial charge < -0.3 is 4.74 Å². The van der Waals surface area contributed by atoms with E-state index in [-0.39, 0.29) is 5.30 Å². The van der Waals surface area contributed by atoms with E-state index in [9.17, 15) is 4.79 Å². The van der Waals surface area contributed by atoms with Crippen molar-refractivity contribution in [1.82, 2.24) is 0 Å². The van der Waals surface area contributed by atoms with Crippen molar-refractivity contribution in [2.24, 2.45) is 0 Å². The average Bonchev–Trinajstić information content (AvgIpc) is 2.27. The maximum absolute atomic E-state index is 11.1. The molecule has 0 amide bonds. The summed E-state index contributed by atoms with van der Waals surface area (Å²) in [6.45, 7) is 4.34. The van der Waals surface area contributed by atoms with Gasteiger partial charge in [0.25, 0.3) is 0 Å². The Kier molecular flexibility index (Phi) is 3.00. The van der Waals surface area contributed by atoms with Gasteiger partial charge in [-0.2, -0.15) is 0 Å². The lowest BCUT2D eigenvalue weighted by molar-refractivity contribution is 0.226. The number of carbonyl (C=O) groups excluding carboxylic acids is 1. The molecular weight excluding hydrogens is 208 g/mol. The minimum atomic E-state index is -0.191. The molecule has 0 N–H and O–H groups in total. The summed E-state index contributed by atoms with van der Waals surface area (Å²) in [4.78, 5) is 11.1. The first-order chi connectivity index (χ1) is 7.20. The normalized spacial score (nSPS) is 16.8. The number of hydrogen-bond donors (Lipinski definition) is 0. The maximum Gasteiger partial charge on any atom is 0.373 e. The van der Waals surface area contributed by atoms with Crippen LogP contribution in [-0.2, 0) is 5.75 Å². The third-order valence-corrected chi connectivity index (χ3v) is 3.59. The molecule has 0 spiro atoms. The van der Waals surface area contributed by atoms with E-state index >= 15 is 0 Å². The Hall–Kier alpha value is -0.960. The molecule has 2 rings (SSSR count). The van der Waals surface area contributed by atoms with Crippen molar-refractivity contribution < 1.29 is 9.53 Å². The molecule has 2 nitrogen and oxygen atoms in total. The van der Waals surface area contributed by atoms with Crippen LogP contribution in [0.15, 0.2) is 18.2 Å². The van der Waals surface area contributed by atoms with E-state index in [1.165, 1.54) is 17.3 Å². The van der Waals surface area contributed by atoms with Gasteiger partial charge in [-0.3, -0.25) is 0 Å². The molecule has 1 unspecified atom stereocenters. The van der Waals surface area contributed by atoms with Crippen LogP contribution in [0, 0.1) is 0 Å². The first kappa shape index (κ1) is 10.6. The molecule has 0 radical (unpaired) electrons. The molecule has 0 fully saturated rings. The van der Waals surface area contributed by atoms with E-state index in [0.717, 1.165) is 23.5 Å². The van der Waals surface area contributed by atoms with Gasteiger partial charge in [-0.15, -0.1) is 0 Å². The lowest BCUT2D eigenvalue weighted by Gasteiger charge is -2.17. The number of hydrogen-bond acceptors (Lipinski definition) is 3. The molecule has 0 aliphatic carbocycles. The van der Waals surface area contributed by atoms with Gasteiger partial charge in [-0.05, 0) is 35.7 Å². The van der Waals surface area contributed by atoms with Crippen LogP contribution < -0.4 is 4.74 Å². The molecule has 1 aliphatic rings. The molecule has 0 bridgehead atoms. The van der Waals surface area contributed by atoms with Crippen LogP contribution >= 0.6 is 11.8 Å². The third-order valence-electron chi connectivity index (χ3n) is 2.81. The van der Waals surface area contributed by atoms with Crippen molar-refractivity contribution in [2.45, 2.75) is 31.9 Å². The minimum absolute atomic E-state index is 0.191. The van der Waals surface area contributed by atoms with Crippen LogP contribution in [0.25, 0.3) is 0 Å². The molecule has 0 saturated heterocycles. The Labute approximate surface area is 94.0 Å². The highest BCUT2D eigenvalue weighted by Gasteiger charge is 2.18. The number of fused-ring (bicyclic) bond motifs is 1. The van der Waals surface area contributed by atoms with Gasteiger partial charge >= 0.3 is 5.30 Å². The fraction of sp³-hybridized carbons (Fsp3) is 0.417. The first-order valence-electron chi connectivity index (χ1n) is 5.18. The Morgan fingerprint density at radius 1 is 1.53 bits per heavy atom. The summed E-state index contributed by atoms with van der Waals surface area (Å²) >= 11 is 1.22. The number of carbonyl (C=O) groups is 1. The van der Waals surface area contributed by atoms with Crippen LogP contribution in [0.3, 0.4) is 0 Å². The lowest BCUT2D eigenvalue weighted by Crippen LogP contribution is -2.09. The summed E-state index contributed by atoms with van der Waals surface area (Å²) in [6.07, 6.45) is 1.10. The van der Waals surface area contributed by atoms with Crippen molar-refractivity contribution >= 4 is 17.1 Å². The summed E-state index contributed by atoms with van der Waals surface area (Å²) in [5.74, 6) is 2.00. The van der Waals surface area contributed by atoms with Gasteiger partial charge in [0, 0.05) is 11.3 Å². The van der Waals surface area contributed by atoms with Gasteiger partial charge in [0.05, 0.1) is 0 Å². The minimum Gasteiger partial charge on any atom is -0.418 e. The molecule has 1 aromatic carbocycles. The summed E-state index contributed by atoms with van der Waals surface area (Å²) in [5, 5.41) is -0.191. The van der Waals surface area contributed by atoms with Crippen LogP contribution in [0.5, 0.6) is 5.75 Å². The van der Waals surface area contributed by atoms with Gasteiger partial charge in [0.2, 0.25) is 0 Å². The highest BCUT2D eigenvalue weighted by molar-refractivity contribution is 8.12. The first-order valence-corrected chi connectivity index (χ1v) is 6.16. The highest BCUT2D eigenvalue weighted by atomic mass is 32.2. The fourth-order valence-corrected chi connectivity index (χ4v) is 2.24. The summed E-state index contributed by atoms with van der Waals surface area (Å²) in [6, 6.07) is 6.20. The second-order valence-electron chi connectivity index (χ2n) is 3.82. The third kappa shape index (κ3) is 2.17. The van der Waals surface area contributed by atoms with E-state index < -0.39 is 0 Å². The number of ether oxygens (including phenoxy) is 1. The smallest absolute Gasteiger partial charge is 0.373 e. The van der Waals surface area contributed by atoms with Crippen LogP contribution in [0.4, 0.5) is 4.79 Å². The van der Waals surface area contributed by atoms with Gasteiger partial charge in [-0.1, -0.05) is 26.0 Å². The second-order valence-corrected chi connectivity index (χ2v) is 4.73. The zero-order chi connectivity index (χ0) is 10.8. The quantitative estimate of drug-likeness (QED) is 0.709. The van der Waals surface area contributed by atoms with Gasteiger partial charge in [-0.25, -0.2) is 4.79 Å². The largest absolute Gasteiger partial charge is 0.418 e. The molecule has 15 heavy (non-hydrogen) atoms. The predicted molar refractivity (Wildman–Crippen MR) is 62.5 cm³/mol. The van der Waals surface area contributed by atoms with Crippen molar-refractivity contribution in [2.75, 3.05) is 0 Å². The Balaban J connectivity index is 2.32. The van der Waals surface area contributed by atoms with Crippen LogP contribution in [0.2, 0.25) is 0 Å². The summed E-state index contributed by atoms with van der Waals surface area (Å²) in [7, 11) is 0. The molecule has 3 heteroatoms. The second kappa shape index (κ2) is 4.27. The molecular formula is C12H14O2S. The fourth-order valence-electron chi connectivity index (χ4n) is 1.58. The molecule has 80 valence electrons. The maximum atomic E-state index is 11.1. The molecule has 0 aromatic heterocycles. The van der Waals surface area contributed by atoms with E-state index in [1.807, 2.05) is 6.07 Å². The standard InChI is InChI=1S/C12H14O2S/c1-3-8(2)9-4-5-10-7-15-12(13)14-11(10)6-9/h4-6,8H,3,7H2,1-2H3. The SMILES string of the molecule is CCC(C)c1ccc2c(c1)OC(=O)SC2. The van der Waals surface area contributed by atoms with Crippen molar-refractivity contribution in [1.29, 1.82) is 0 Å². The molecule has 1 aliphatic heterocycles.